The third-order valence-corrected chi connectivity index (χ3v) is 3.48. The van der Waals surface area contributed by atoms with Crippen molar-refractivity contribution in [3.63, 3.8) is 0 Å². The molecule has 3 N–H and O–H groups in total. The van der Waals surface area contributed by atoms with Crippen LogP contribution in [0.5, 0.6) is 0 Å². The Hall–Kier alpha value is -1.46. The van der Waals surface area contributed by atoms with E-state index < -0.39 is 5.91 Å². The summed E-state index contributed by atoms with van der Waals surface area (Å²) in [7, 11) is 0. The van der Waals surface area contributed by atoms with Gasteiger partial charge in [-0.3, -0.25) is 10.2 Å². The number of rotatable bonds is 3. The molecule has 0 bridgehead atoms. The van der Waals surface area contributed by atoms with Crippen LogP contribution in [0.25, 0.3) is 17.4 Å². The summed E-state index contributed by atoms with van der Waals surface area (Å²) in [6, 6.07) is 6.56. The number of hydrogen-bond acceptors (Lipinski definition) is 3. The fourth-order valence-corrected chi connectivity index (χ4v) is 2.14. The first kappa shape index (κ1) is 14.9. The zero-order valence-electron chi connectivity index (χ0n) is 9.99. The van der Waals surface area contributed by atoms with E-state index in [9.17, 15) is 4.79 Å². The summed E-state index contributed by atoms with van der Waals surface area (Å²) < 4.78 is 5.55. The second-order valence-electron chi connectivity index (χ2n) is 3.79. The van der Waals surface area contributed by atoms with Gasteiger partial charge in [0.2, 0.25) is 0 Å². The smallest absolute Gasteiger partial charge is 0.258 e. The number of carbonyl (C=O) groups is 1. The predicted molar refractivity (Wildman–Crippen MR) is 80.5 cm³/mol. The molecule has 2 aromatic rings. The van der Waals surface area contributed by atoms with Crippen molar-refractivity contribution in [3.8, 4) is 11.3 Å². The summed E-state index contributed by atoms with van der Waals surface area (Å²) in [5, 5.41) is 1.16. The van der Waals surface area contributed by atoms with Gasteiger partial charge in [0, 0.05) is 11.6 Å². The van der Waals surface area contributed by atoms with E-state index in [2.05, 4.69) is 0 Å². The topological polar surface area (TPSA) is 68.3 Å². The highest BCUT2D eigenvalue weighted by atomic mass is 35.5. The van der Waals surface area contributed by atoms with Gasteiger partial charge in [-0.1, -0.05) is 34.8 Å². The highest BCUT2D eigenvalue weighted by Crippen LogP contribution is 2.36. The molecule has 104 valence electrons. The third-order valence-electron chi connectivity index (χ3n) is 2.44. The third kappa shape index (κ3) is 3.35. The Labute approximate surface area is 130 Å². The van der Waals surface area contributed by atoms with Crippen molar-refractivity contribution in [2.24, 2.45) is 5.84 Å². The Morgan fingerprint density at radius 1 is 1.15 bits per heavy atom. The first-order valence-electron chi connectivity index (χ1n) is 5.44. The molecule has 1 aromatic carbocycles. The Balaban J connectivity index is 2.31. The van der Waals surface area contributed by atoms with Crippen LogP contribution in [0, 0.1) is 0 Å². The van der Waals surface area contributed by atoms with Gasteiger partial charge in [0.1, 0.15) is 11.5 Å². The molecule has 1 heterocycles. The van der Waals surface area contributed by atoms with Crippen molar-refractivity contribution >= 4 is 46.8 Å². The second-order valence-corrected chi connectivity index (χ2v) is 5.01. The maximum atomic E-state index is 11.0. The van der Waals surface area contributed by atoms with Gasteiger partial charge in [0.05, 0.1) is 15.1 Å². The molecule has 0 aliphatic heterocycles. The molecule has 20 heavy (non-hydrogen) atoms. The Bertz CT molecular complexity index is 680. The minimum atomic E-state index is -0.435. The molecule has 1 amide bonds. The van der Waals surface area contributed by atoms with Crippen LogP contribution in [0.3, 0.4) is 0 Å². The van der Waals surface area contributed by atoms with Crippen LogP contribution in [-0.2, 0) is 4.79 Å². The highest BCUT2D eigenvalue weighted by molar-refractivity contribution is 6.44. The van der Waals surface area contributed by atoms with Gasteiger partial charge in [-0.2, -0.15) is 0 Å². The second kappa shape index (κ2) is 6.33. The average Bonchev–Trinajstić information content (AvgIpc) is 2.88. The number of nitrogens with two attached hydrogens (primary N) is 1. The first-order valence-corrected chi connectivity index (χ1v) is 6.58. The zero-order valence-corrected chi connectivity index (χ0v) is 12.3. The van der Waals surface area contributed by atoms with Crippen LogP contribution in [0.1, 0.15) is 5.76 Å². The highest BCUT2D eigenvalue weighted by Gasteiger charge is 2.11. The minimum Gasteiger partial charge on any atom is -0.457 e. The van der Waals surface area contributed by atoms with E-state index in [0.717, 1.165) is 0 Å². The normalized spacial score (nSPS) is 11.0. The molecule has 0 spiro atoms. The lowest BCUT2D eigenvalue weighted by molar-refractivity contribution is -0.116. The van der Waals surface area contributed by atoms with Crippen LogP contribution in [0.2, 0.25) is 15.1 Å². The average molecular weight is 332 g/mol. The van der Waals surface area contributed by atoms with Crippen LogP contribution in [0.4, 0.5) is 0 Å². The standard InChI is InChI=1S/C13H9Cl3N2O2/c14-9-6-11(16)10(15)5-8(9)12-3-1-7(20-12)2-4-13(19)18-17/h1-6H,17H2,(H,18,19)/b4-2+. The Morgan fingerprint density at radius 3 is 2.55 bits per heavy atom. The lowest BCUT2D eigenvalue weighted by atomic mass is 10.2. The fraction of sp³-hybridized carbons (Fsp3) is 0. The van der Waals surface area contributed by atoms with Crippen LogP contribution in [-0.4, -0.2) is 5.91 Å². The molecular weight excluding hydrogens is 323 g/mol. The number of nitrogens with one attached hydrogen (secondary N) is 1. The Kier molecular flexibility index (Phi) is 4.73. The van der Waals surface area contributed by atoms with E-state index in [1.807, 2.05) is 5.43 Å². The predicted octanol–water partition coefficient (Wildman–Crippen LogP) is 3.91. The van der Waals surface area contributed by atoms with Crippen molar-refractivity contribution in [2.45, 2.75) is 0 Å². The van der Waals surface area contributed by atoms with Gasteiger partial charge in [-0.25, -0.2) is 5.84 Å². The van der Waals surface area contributed by atoms with E-state index in [4.69, 9.17) is 45.1 Å². The maximum Gasteiger partial charge on any atom is 0.258 e. The van der Waals surface area contributed by atoms with E-state index in [-0.39, 0.29) is 0 Å². The summed E-state index contributed by atoms with van der Waals surface area (Å²) in [4.78, 5) is 11.0. The molecule has 0 fully saturated rings. The summed E-state index contributed by atoms with van der Waals surface area (Å²) in [6.07, 6.45) is 2.73. The van der Waals surface area contributed by atoms with Gasteiger partial charge < -0.3 is 4.42 Å². The number of amides is 1. The van der Waals surface area contributed by atoms with Crippen LogP contribution < -0.4 is 11.3 Å². The monoisotopic (exact) mass is 330 g/mol. The molecule has 7 heteroatoms. The Morgan fingerprint density at radius 2 is 1.85 bits per heavy atom. The summed E-state index contributed by atoms with van der Waals surface area (Å²) in [5.74, 6) is 5.52. The SMILES string of the molecule is NNC(=O)/C=C/c1ccc(-c2cc(Cl)c(Cl)cc2Cl)o1. The van der Waals surface area contributed by atoms with Crippen molar-refractivity contribution in [3.05, 3.63) is 51.2 Å². The molecule has 1 aromatic heterocycles. The molecule has 0 saturated carbocycles. The van der Waals surface area contributed by atoms with E-state index in [1.165, 1.54) is 12.2 Å². The summed E-state index contributed by atoms with van der Waals surface area (Å²) >= 11 is 17.9. The lowest BCUT2D eigenvalue weighted by Crippen LogP contribution is -2.27. The number of carbonyl (C=O) groups excluding carboxylic acids is 1. The lowest BCUT2D eigenvalue weighted by Gasteiger charge is -2.03. The van der Waals surface area contributed by atoms with E-state index in [0.29, 0.717) is 32.2 Å². The quantitative estimate of drug-likeness (QED) is 0.294. The molecule has 0 atom stereocenters. The van der Waals surface area contributed by atoms with Gasteiger partial charge in [-0.15, -0.1) is 0 Å². The van der Waals surface area contributed by atoms with Crippen molar-refractivity contribution in [2.75, 3.05) is 0 Å². The number of hydrogen-bond donors (Lipinski definition) is 2. The van der Waals surface area contributed by atoms with Crippen molar-refractivity contribution in [1.82, 2.24) is 5.43 Å². The molecule has 2 rings (SSSR count). The molecule has 0 unspecified atom stereocenters. The molecule has 0 radical (unpaired) electrons. The van der Waals surface area contributed by atoms with Gasteiger partial charge in [-0.05, 0) is 30.3 Å². The van der Waals surface area contributed by atoms with Gasteiger partial charge in [0.25, 0.3) is 5.91 Å². The largest absolute Gasteiger partial charge is 0.457 e. The molecule has 4 nitrogen and oxygen atoms in total. The summed E-state index contributed by atoms with van der Waals surface area (Å²) in [6.45, 7) is 0. The van der Waals surface area contributed by atoms with Crippen molar-refractivity contribution in [1.29, 1.82) is 0 Å². The van der Waals surface area contributed by atoms with E-state index in [1.54, 1.807) is 24.3 Å². The molecule has 0 aliphatic rings. The number of furan rings is 1. The van der Waals surface area contributed by atoms with Gasteiger partial charge in [0.15, 0.2) is 0 Å². The molecule has 0 saturated heterocycles. The van der Waals surface area contributed by atoms with Crippen LogP contribution in [0.15, 0.2) is 34.8 Å². The number of hydrazine groups is 1. The number of halogens is 3. The van der Waals surface area contributed by atoms with E-state index >= 15 is 0 Å². The van der Waals surface area contributed by atoms with Gasteiger partial charge >= 0.3 is 0 Å². The first-order chi connectivity index (χ1) is 9.51. The molecular formula is C13H9Cl3N2O2. The van der Waals surface area contributed by atoms with Crippen LogP contribution >= 0.6 is 34.8 Å². The fourth-order valence-electron chi connectivity index (χ4n) is 1.50. The minimum absolute atomic E-state index is 0.367. The number of benzene rings is 1. The van der Waals surface area contributed by atoms with Crippen molar-refractivity contribution < 1.29 is 9.21 Å². The summed E-state index contributed by atoms with van der Waals surface area (Å²) in [5.41, 5.74) is 2.59. The molecule has 0 aliphatic carbocycles. The maximum absolute atomic E-state index is 11.0. The zero-order chi connectivity index (χ0) is 14.7.